The van der Waals surface area contributed by atoms with Crippen molar-refractivity contribution < 1.29 is 8.83 Å². The summed E-state index contributed by atoms with van der Waals surface area (Å²) in [6.07, 6.45) is 0. The van der Waals surface area contributed by atoms with E-state index in [0.717, 1.165) is 123 Å². The van der Waals surface area contributed by atoms with Crippen molar-refractivity contribution in [3.8, 4) is 67.7 Å². The van der Waals surface area contributed by atoms with Crippen molar-refractivity contribution in [2.75, 3.05) is 9.80 Å². The van der Waals surface area contributed by atoms with Crippen LogP contribution in [0.5, 0.6) is 0 Å². The minimum atomic E-state index is 0.587. The Morgan fingerprint density at radius 2 is 0.526 bits per heavy atom. The molecule has 0 radical (unpaired) electrons. The maximum Gasteiger partial charge on any atom is 0.227 e. The zero-order valence-electron chi connectivity index (χ0n) is 42.1. The van der Waals surface area contributed by atoms with E-state index in [1.807, 2.05) is 60.7 Å². The highest BCUT2D eigenvalue weighted by Gasteiger charge is 2.21. The lowest BCUT2D eigenvalue weighted by Gasteiger charge is -2.26. The van der Waals surface area contributed by atoms with Gasteiger partial charge in [-0.25, -0.2) is 19.9 Å². The monoisotopic (exact) mass is 1000 g/mol. The van der Waals surface area contributed by atoms with Crippen LogP contribution in [0.2, 0.25) is 0 Å². The first-order chi connectivity index (χ1) is 38.6. The molecular formula is C70H46N6O2. The van der Waals surface area contributed by atoms with Gasteiger partial charge in [-0.05, 0) is 156 Å². The molecule has 11 aromatic carbocycles. The number of fused-ring (bicyclic) bond motifs is 3. The Labute approximate surface area is 450 Å². The van der Waals surface area contributed by atoms with Gasteiger partial charge in [-0.3, -0.25) is 0 Å². The predicted octanol–water partition coefficient (Wildman–Crippen LogP) is 18.9. The Bertz CT molecular complexity index is 4040. The Balaban J connectivity index is 0.873. The molecule has 0 N–H and O–H groups in total. The fourth-order valence-corrected chi connectivity index (χ4v) is 10.3. The average molecular weight is 1000 g/mol. The molecule has 3 heterocycles. The summed E-state index contributed by atoms with van der Waals surface area (Å²) < 4.78 is 12.3. The van der Waals surface area contributed by atoms with E-state index in [-0.39, 0.29) is 0 Å². The predicted molar refractivity (Wildman–Crippen MR) is 317 cm³/mol. The molecule has 0 fully saturated rings. The van der Waals surface area contributed by atoms with Crippen LogP contribution in [-0.4, -0.2) is 19.9 Å². The van der Waals surface area contributed by atoms with Crippen LogP contribution >= 0.6 is 0 Å². The second-order valence-corrected chi connectivity index (χ2v) is 19.0. The molecular weight excluding hydrogens is 957 g/mol. The molecule has 368 valence electrons. The molecule has 0 aliphatic carbocycles. The highest BCUT2D eigenvalue weighted by Crippen LogP contribution is 2.42. The Hall–Kier alpha value is -10.7. The molecule has 8 heteroatoms. The van der Waals surface area contributed by atoms with Gasteiger partial charge in [0.2, 0.25) is 11.8 Å². The van der Waals surface area contributed by atoms with Crippen LogP contribution in [0.4, 0.5) is 34.1 Å². The highest BCUT2D eigenvalue weighted by molar-refractivity contribution is 5.96. The van der Waals surface area contributed by atoms with Crippen molar-refractivity contribution in [2.45, 2.75) is 0 Å². The van der Waals surface area contributed by atoms with Crippen molar-refractivity contribution >= 4 is 67.4 Å². The minimum absolute atomic E-state index is 0.587. The van der Waals surface area contributed by atoms with Crippen LogP contribution in [0.3, 0.4) is 0 Å². The molecule has 0 aliphatic rings. The number of benzene rings is 11. The minimum Gasteiger partial charge on any atom is -0.436 e. The lowest BCUT2D eigenvalue weighted by atomic mass is 9.93. The third kappa shape index (κ3) is 8.79. The number of rotatable bonds is 12. The Morgan fingerprint density at radius 1 is 0.231 bits per heavy atom. The summed E-state index contributed by atoms with van der Waals surface area (Å²) in [7, 11) is 0. The van der Waals surface area contributed by atoms with Crippen molar-refractivity contribution in [1.82, 2.24) is 19.9 Å². The van der Waals surface area contributed by atoms with Crippen molar-refractivity contribution in [3.05, 3.63) is 279 Å². The number of anilines is 6. The zero-order chi connectivity index (χ0) is 51.8. The van der Waals surface area contributed by atoms with Gasteiger partial charge in [0.1, 0.15) is 11.0 Å². The number of aromatic nitrogens is 4. The molecule has 0 aliphatic heterocycles. The van der Waals surface area contributed by atoms with Gasteiger partial charge >= 0.3 is 0 Å². The fraction of sp³-hybridized carbons (Fsp3) is 0. The summed E-state index contributed by atoms with van der Waals surface area (Å²) in [4.78, 5) is 25.2. The molecule has 0 saturated heterocycles. The van der Waals surface area contributed by atoms with Crippen LogP contribution in [0.1, 0.15) is 0 Å². The van der Waals surface area contributed by atoms with E-state index >= 15 is 0 Å². The zero-order valence-corrected chi connectivity index (χ0v) is 42.1. The molecule has 0 atom stereocenters. The molecule has 78 heavy (non-hydrogen) atoms. The SMILES string of the molecule is c1ccc(-c2cc3nc(-c4ccc(N(c5ccccc5)c5ccc(-c6nc7ccccc7o6)cc5)cc4)c(-c4ccc(N(c5ccccc5)c5ccc(-c6nc7ccccc7o6)cc5)cc4)nc3cc2-c2ccccc2)cc1. The van der Waals surface area contributed by atoms with E-state index in [4.69, 9.17) is 28.8 Å². The second kappa shape index (κ2) is 19.9. The van der Waals surface area contributed by atoms with E-state index in [0.29, 0.717) is 11.8 Å². The van der Waals surface area contributed by atoms with Crippen LogP contribution < -0.4 is 9.80 Å². The molecule has 14 aromatic rings. The highest BCUT2D eigenvalue weighted by atomic mass is 16.4. The average Bonchev–Trinajstić information content (AvgIpc) is 4.20. The molecule has 0 bridgehead atoms. The van der Waals surface area contributed by atoms with Gasteiger partial charge in [0.15, 0.2) is 11.2 Å². The third-order valence-electron chi connectivity index (χ3n) is 14.1. The third-order valence-corrected chi connectivity index (χ3v) is 14.1. The largest absolute Gasteiger partial charge is 0.436 e. The number of para-hydroxylation sites is 6. The van der Waals surface area contributed by atoms with Crippen LogP contribution in [-0.2, 0) is 0 Å². The normalized spacial score (nSPS) is 11.3. The van der Waals surface area contributed by atoms with E-state index in [1.54, 1.807) is 0 Å². The van der Waals surface area contributed by atoms with Gasteiger partial charge in [0, 0.05) is 56.4 Å². The molecule has 3 aromatic heterocycles. The lowest BCUT2D eigenvalue weighted by molar-refractivity contribution is 0.619. The van der Waals surface area contributed by atoms with Crippen molar-refractivity contribution in [1.29, 1.82) is 0 Å². The Kier molecular flexibility index (Phi) is 11.7. The van der Waals surface area contributed by atoms with Gasteiger partial charge in [-0.1, -0.05) is 146 Å². The summed E-state index contributed by atoms with van der Waals surface area (Å²) in [6.45, 7) is 0. The maximum absolute atomic E-state index is 6.14. The van der Waals surface area contributed by atoms with Crippen LogP contribution in [0, 0.1) is 0 Å². The summed E-state index contributed by atoms with van der Waals surface area (Å²) >= 11 is 0. The van der Waals surface area contributed by atoms with E-state index in [2.05, 4.69) is 228 Å². The lowest BCUT2D eigenvalue weighted by Crippen LogP contribution is -2.10. The smallest absolute Gasteiger partial charge is 0.227 e. The van der Waals surface area contributed by atoms with Crippen molar-refractivity contribution in [3.63, 3.8) is 0 Å². The number of hydrogen-bond donors (Lipinski definition) is 0. The van der Waals surface area contributed by atoms with E-state index in [1.165, 1.54) is 0 Å². The van der Waals surface area contributed by atoms with E-state index < -0.39 is 0 Å². The molecule has 0 unspecified atom stereocenters. The molecule has 0 saturated carbocycles. The maximum atomic E-state index is 6.14. The van der Waals surface area contributed by atoms with Gasteiger partial charge in [0.25, 0.3) is 0 Å². The fourth-order valence-electron chi connectivity index (χ4n) is 10.3. The van der Waals surface area contributed by atoms with Gasteiger partial charge in [-0.15, -0.1) is 0 Å². The van der Waals surface area contributed by atoms with Crippen LogP contribution in [0.15, 0.2) is 288 Å². The van der Waals surface area contributed by atoms with Gasteiger partial charge in [-0.2, -0.15) is 0 Å². The number of hydrogen-bond acceptors (Lipinski definition) is 8. The first kappa shape index (κ1) is 45.9. The summed E-state index contributed by atoms with van der Waals surface area (Å²) in [5, 5.41) is 0. The van der Waals surface area contributed by atoms with Gasteiger partial charge in [0.05, 0.1) is 22.4 Å². The Morgan fingerprint density at radius 3 is 0.872 bits per heavy atom. The molecule has 14 rings (SSSR count). The van der Waals surface area contributed by atoms with E-state index in [9.17, 15) is 0 Å². The quantitative estimate of drug-likeness (QED) is 0.120. The summed E-state index contributed by atoms with van der Waals surface area (Å²) in [5.74, 6) is 1.17. The first-order valence-electron chi connectivity index (χ1n) is 25.9. The second-order valence-electron chi connectivity index (χ2n) is 19.0. The van der Waals surface area contributed by atoms with Crippen molar-refractivity contribution in [2.24, 2.45) is 0 Å². The number of nitrogens with zero attached hydrogens (tertiary/aromatic N) is 6. The summed E-state index contributed by atoms with van der Waals surface area (Å²) in [6, 6.07) is 96.0. The van der Waals surface area contributed by atoms with Crippen LogP contribution in [0.25, 0.3) is 101 Å². The first-order valence-corrected chi connectivity index (χ1v) is 25.9. The molecule has 0 spiro atoms. The topological polar surface area (TPSA) is 84.3 Å². The summed E-state index contributed by atoms with van der Waals surface area (Å²) in [5.41, 5.74) is 20.4. The van der Waals surface area contributed by atoms with Gasteiger partial charge < -0.3 is 18.6 Å². The number of oxazole rings is 2. The standard InChI is InChI=1S/C70H46N6O2/c1-5-17-47(18-6-1)59-45-63-64(46-60(59)48-19-7-2-8-20-48)72-68(50-31-39-56(40-32-50)76(54-23-11-4-12-24-54)58-43-35-52(36-44-58)70-74-62-26-14-16-28-66(62)78-70)67(71-63)49-29-37-55(38-30-49)75(53-21-9-3-10-22-53)57-41-33-51(34-42-57)69-73-61-25-13-15-27-65(61)77-69/h1-46H. The molecule has 8 nitrogen and oxygen atoms in total. The molecule has 0 amide bonds.